The fourth-order valence-electron chi connectivity index (χ4n) is 5.77. The number of carbonyl (C=O) groups is 1. The molecule has 1 aromatic heterocycles. The van der Waals surface area contributed by atoms with Gasteiger partial charge in [-0.05, 0) is 93.4 Å². The Bertz CT molecular complexity index is 1630. The van der Waals surface area contributed by atoms with E-state index in [2.05, 4.69) is 22.5 Å². The quantitative estimate of drug-likeness (QED) is 0.269. The molecule has 0 radical (unpaired) electrons. The van der Waals surface area contributed by atoms with E-state index in [-0.39, 0.29) is 17.1 Å². The van der Waals surface area contributed by atoms with Crippen LogP contribution in [-0.2, 0) is 6.42 Å². The Morgan fingerprint density at radius 2 is 1.81 bits per heavy atom. The zero-order valence-corrected chi connectivity index (χ0v) is 24.2. The van der Waals surface area contributed by atoms with Gasteiger partial charge in [0.05, 0.1) is 11.4 Å². The molecule has 4 aromatic rings. The first kappa shape index (κ1) is 28.1. The fourth-order valence-corrected chi connectivity index (χ4v) is 5.93. The SMILES string of the molecule is CNC1(C)CCCN(C(=O)c2ccc(Nc3ncc4c(n3)-c3ccc(Cl)cc3N(c3c(F)cccc3F)CC4)cc2)C1. The van der Waals surface area contributed by atoms with Crippen molar-refractivity contribution in [3.8, 4) is 11.3 Å². The van der Waals surface area contributed by atoms with Crippen LogP contribution in [0.4, 0.5) is 31.8 Å². The minimum Gasteiger partial charge on any atom is -0.337 e. The number of nitrogens with one attached hydrogen (secondary N) is 2. The van der Waals surface area contributed by atoms with E-state index in [0.29, 0.717) is 53.0 Å². The van der Waals surface area contributed by atoms with Gasteiger partial charge in [0, 0.05) is 53.2 Å². The third-order valence-corrected chi connectivity index (χ3v) is 8.39. The van der Waals surface area contributed by atoms with Crippen molar-refractivity contribution in [2.24, 2.45) is 0 Å². The van der Waals surface area contributed by atoms with Crippen molar-refractivity contribution in [2.45, 2.75) is 31.7 Å². The van der Waals surface area contributed by atoms with Gasteiger partial charge in [-0.1, -0.05) is 17.7 Å². The lowest BCUT2D eigenvalue weighted by molar-refractivity contribution is 0.0629. The van der Waals surface area contributed by atoms with Gasteiger partial charge in [0.1, 0.15) is 17.3 Å². The first-order chi connectivity index (χ1) is 20.2. The van der Waals surface area contributed by atoms with E-state index in [1.54, 1.807) is 35.4 Å². The molecule has 10 heteroatoms. The number of hydrogen-bond donors (Lipinski definition) is 2. The predicted molar refractivity (Wildman–Crippen MR) is 162 cm³/mol. The van der Waals surface area contributed by atoms with Crippen molar-refractivity contribution < 1.29 is 13.6 Å². The Hall–Kier alpha value is -4.08. The predicted octanol–water partition coefficient (Wildman–Crippen LogP) is 6.73. The number of fused-ring (bicyclic) bond motifs is 3. The van der Waals surface area contributed by atoms with Gasteiger partial charge in [-0.2, -0.15) is 0 Å². The topological polar surface area (TPSA) is 73.4 Å². The number of nitrogens with zero attached hydrogens (tertiary/aromatic N) is 4. The summed E-state index contributed by atoms with van der Waals surface area (Å²) < 4.78 is 29.7. The zero-order valence-electron chi connectivity index (χ0n) is 23.4. The lowest BCUT2D eigenvalue weighted by Crippen LogP contribution is -2.55. The summed E-state index contributed by atoms with van der Waals surface area (Å²) in [4.78, 5) is 26.0. The van der Waals surface area contributed by atoms with Gasteiger partial charge in [0.2, 0.25) is 5.95 Å². The van der Waals surface area contributed by atoms with E-state index in [9.17, 15) is 13.6 Å². The average molecular weight is 589 g/mol. The van der Waals surface area contributed by atoms with E-state index < -0.39 is 11.6 Å². The van der Waals surface area contributed by atoms with Gasteiger partial charge in [0.25, 0.3) is 5.91 Å². The summed E-state index contributed by atoms with van der Waals surface area (Å²) in [6.07, 6.45) is 4.19. The van der Waals surface area contributed by atoms with Crippen LogP contribution < -0.4 is 15.5 Å². The summed E-state index contributed by atoms with van der Waals surface area (Å²) >= 11 is 6.34. The highest BCUT2D eigenvalue weighted by Gasteiger charge is 2.32. The van der Waals surface area contributed by atoms with Gasteiger partial charge >= 0.3 is 0 Å². The van der Waals surface area contributed by atoms with Crippen LogP contribution in [0, 0.1) is 11.6 Å². The minimum absolute atomic E-state index is 0.00937. The highest BCUT2D eigenvalue weighted by Crippen LogP contribution is 2.42. The van der Waals surface area contributed by atoms with E-state index in [1.165, 1.54) is 18.2 Å². The molecule has 2 aliphatic heterocycles. The Morgan fingerprint density at radius 3 is 2.55 bits per heavy atom. The van der Waals surface area contributed by atoms with Crippen molar-refractivity contribution in [3.05, 3.63) is 94.6 Å². The van der Waals surface area contributed by atoms with E-state index in [0.717, 1.165) is 30.6 Å². The molecule has 1 atom stereocenters. The number of amides is 1. The van der Waals surface area contributed by atoms with Crippen LogP contribution in [0.5, 0.6) is 0 Å². The molecule has 3 heterocycles. The van der Waals surface area contributed by atoms with E-state index >= 15 is 0 Å². The maximum absolute atomic E-state index is 14.9. The number of likely N-dealkylation sites (N-methyl/N-ethyl adjacent to an activating group) is 1. The largest absolute Gasteiger partial charge is 0.337 e. The van der Waals surface area contributed by atoms with Gasteiger partial charge in [-0.3, -0.25) is 4.79 Å². The number of anilines is 4. The first-order valence-corrected chi connectivity index (χ1v) is 14.4. The Balaban J connectivity index is 1.27. The number of halogens is 3. The van der Waals surface area contributed by atoms with Gasteiger partial charge < -0.3 is 20.4 Å². The van der Waals surface area contributed by atoms with E-state index in [4.69, 9.17) is 16.6 Å². The Labute approximate surface area is 248 Å². The van der Waals surface area contributed by atoms with Gasteiger partial charge in [0.15, 0.2) is 0 Å². The number of aromatic nitrogens is 2. The highest BCUT2D eigenvalue weighted by molar-refractivity contribution is 6.31. The molecule has 2 N–H and O–H groups in total. The smallest absolute Gasteiger partial charge is 0.253 e. The summed E-state index contributed by atoms with van der Waals surface area (Å²) in [6, 6.07) is 16.3. The molecule has 1 unspecified atom stereocenters. The maximum atomic E-state index is 14.9. The molecule has 42 heavy (non-hydrogen) atoms. The third kappa shape index (κ3) is 5.42. The molecule has 2 aliphatic rings. The number of piperidine rings is 1. The second kappa shape index (κ2) is 11.3. The number of hydrogen-bond acceptors (Lipinski definition) is 6. The van der Waals surface area contributed by atoms with Crippen LogP contribution in [0.3, 0.4) is 0 Å². The molecule has 1 amide bonds. The molecular weight excluding hydrogens is 558 g/mol. The van der Waals surface area contributed by atoms with Crippen LogP contribution in [0.2, 0.25) is 5.02 Å². The number of benzene rings is 3. The lowest BCUT2D eigenvalue weighted by atomic mass is 9.91. The van der Waals surface area contributed by atoms with Crippen molar-refractivity contribution in [1.29, 1.82) is 0 Å². The first-order valence-electron chi connectivity index (χ1n) is 14.0. The number of carbonyl (C=O) groups excluding carboxylic acids is 1. The molecule has 1 saturated heterocycles. The minimum atomic E-state index is -0.654. The number of rotatable bonds is 5. The van der Waals surface area contributed by atoms with Crippen LogP contribution in [0.25, 0.3) is 11.3 Å². The molecule has 0 spiro atoms. The monoisotopic (exact) mass is 588 g/mol. The summed E-state index contributed by atoms with van der Waals surface area (Å²) in [5.74, 6) is -0.938. The Kier molecular flexibility index (Phi) is 7.55. The normalized spacial score (nSPS) is 18.2. The molecule has 6 rings (SSSR count). The lowest BCUT2D eigenvalue weighted by Gasteiger charge is -2.40. The number of para-hydroxylation sites is 1. The van der Waals surface area contributed by atoms with Gasteiger partial charge in [-0.15, -0.1) is 0 Å². The zero-order chi connectivity index (χ0) is 29.4. The molecule has 216 valence electrons. The molecule has 0 aliphatic carbocycles. The second-order valence-corrected chi connectivity index (χ2v) is 11.5. The molecular formula is C32H31ClF2N6O. The molecule has 3 aromatic carbocycles. The van der Waals surface area contributed by atoms with E-state index in [1.807, 2.05) is 30.1 Å². The van der Waals surface area contributed by atoms with Crippen molar-refractivity contribution in [2.75, 3.05) is 36.9 Å². The highest BCUT2D eigenvalue weighted by atomic mass is 35.5. The molecule has 0 bridgehead atoms. The summed E-state index contributed by atoms with van der Waals surface area (Å²) in [5.41, 5.74) is 3.89. The van der Waals surface area contributed by atoms with Crippen molar-refractivity contribution >= 4 is 40.5 Å². The fraction of sp³-hybridized carbons (Fsp3) is 0.281. The van der Waals surface area contributed by atoms with Crippen molar-refractivity contribution in [3.63, 3.8) is 0 Å². The molecule has 0 saturated carbocycles. The van der Waals surface area contributed by atoms with Crippen LogP contribution in [0.15, 0.2) is 66.9 Å². The van der Waals surface area contributed by atoms with Crippen LogP contribution in [-0.4, -0.2) is 53.0 Å². The second-order valence-electron chi connectivity index (χ2n) is 11.0. The van der Waals surface area contributed by atoms with Crippen LogP contribution >= 0.6 is 11.6 Å². The summed E-state index contributed by atoms with van der Waals surface area (Å²) in [7, 11) is 1.94. The summed E-state index contributed by atoms with van der Waals surface area (Å²) in [5, 5.41) is 7.02. The standard InChI is InChI=1S/C32H31ClF2N6O/c1-32(36-2)14-4-15-40(19-32)30(42)20-7-10-23(11-8-20)38-31-37-18-21-13-16-41(29-25(34)5-3-6-26(29)35)27-17-22(33)9-12-24(27)28(21)39-31/h3,5-12,17-18,36H,4,13-16,19H2,1-2H3,(H,37,38,39). The Morgan fingerprint density at radius 1 is 1.05 bits per heavy atom. The average Bonchev–Trinajstić information content (AvgIpc) is 3.14. The maximum Gasteiger partial charge on any atom is 0.253 e. The van der Waals surface area contributed by atoms with Crippen molar-refractivity contribution in [1.82, 2.24) is 20.2 Å². The number of likely N-dealkylation sites (tertiary alicyclic amines) is 1. The molecule has 1 fully saturated rings. The molecule has 7 nitrogen and oxygen atoms in total. The summed E-state index contributed by atoms with van der Waals surface area (Å²) in [6.45, 7) is 3.86. The van der Waals surface area contributed by atoms with Crippen LogP contribution in [0.1, 0.15) is 35.7 Å². The third-order valence-electron chi connectivity index (χ3n) is 8.16. The van der Waals surface area contributed by atoms with Gasteiger partial charge in [-0.25, -0.2) is 18.7 Å².